The second-order valence-corrected chi connectivity index (χ2v) is 3.36. The maximum absolute atomic E-state index is 11.6. The van der Waals surface area contributed by atoms with Gasteiger partial charge in [-0.05, 0) is 24.6 Å². The Kier molecular flexibility index (Phi) is 3.25. The number of imidazole rings is 1. The smallest absolute Gasteiger partial charge is 0.291 e. The quantitative estimate of drug-likeness (QED) is 0.605. The molecule has 2 aromatic heterocycles. The molecule has 0 aromatic carbocycles. The van der Waals surface area contributed by atoms with Gasteiger partial charge in [0.1, 0.15) is 0 Å². The minimum Gasteiger partial charge on any atom is -0.348 e. The van der Waals surface area contributed by atoms with E-state index < -0.39 is 0 Å². The normalized spacial score (nSPS) is 10.6. The van der Waals surface area contributed by atoms with Crippen LogP contribution < -0.4 is 5.43 Å². The van der Waals surface area contributed by atoms with Crippen LogP contribution in [0.15, 0.2) is 36.0 Å². The number of hydrogen-bond acceptors (Lipinski definition) is 4. The maximum Gasteiger partial charge on any atom is 0.291 e. The van der Waals surface area contributed by atoms with E-state index in [1.165, 1.54) is 6.33 Å². The van der Waals surface area contributed by atoms with Gasteiger partial charge in [0.25, 0.3) is 5.91 Å². The molecule has 0 aliphatic rings. The summed E-state index contributed by atoms with van der Waals surface area (Å²) in [5, 5.41) is 3.83. The van der Waals surface area contributed by atoms with Crippen molar-refractivity contribution in [3.8, 4) is 0 Å². The van der Waals surface area contributed by atoms with E-state index in [0.29, 0.717) is 11.4 Å². The summed E-state index contributed by atoms with van der Waals surface area (Å²) in [4.78, 5) is 22.2. The van der Waals surface area contributed by atoms with Gasteiger partial charge in [0.15, 0.2) is 5.69 Å². The molecule has 0 bridgehead atoms. The van der Waals surface area contributed by atoms with Crippen molar-refractivity contribution in [2.24, 2.45) is 5.10 Å². The number of nitrogens with one attached hydrogen (secondary N) is 2. The second kappa shape index (κ2) is 5.02. The van der Waals surface area contributed by atoms with Crippen molar-refractivity contribution in [3.63, 3.8) is 0 Å². The average Bonchev–Trinajstić information content (AvgIpc) is 2.77. The molecule has 0 saturated carbocycles. The molecule has 0 unspecified atom stereocenters. The van der Waals surface area contributed by atoms with Crippen LogP contribution in [0.25, 0.3) is 0 Å². The highest BCUT2D eigenvalue weighted by Gasteiger charge is 2.09. The largest absolute Gasteiger partial charge is 0.348 e. The molecule has 0 aliphatic heterocycles. The number of hydrazone groups is 1. The van der Waals surface area contributed by atoms with Crippen molar-refractivity contribution in [3.05, 3.63) is 47.8 Å². The fraction of sp³-hybridized carbons (Fsp3) is 0.0909. The van der Waals surface area contributed by atoms with Crippen molar-refractivity contribution < 1.29 is 4.79 Å². The van der Waals surface area contributed by atoms with Crippen molar-refractivity contribution in [1.82, 2.24) is 20.4 Å². The number of rotatable bonds is 3. The van der Waals surface area contributed by atoms with E-state index in [2.05, 4.69) is 25.5 Å². The van der Waals surface area contributed by atoms with E-state index in [0.717, 1.165) is 5.56 Å². The highest BCUT2D eigenvalue weighted by Crippen LogP contribution is 1.99. The lowest BCUT2D eigenvalue weighted by atomic mass is 10.3. The zero-order valence-corrected chi connectivity index (χ0v) is 9.21. The summed E-state index contributed by atoms with van der Waals surface area (Å²) in [7, 11) is 0. The number of amides is 1. The molecule has 2 rings (SSSR count). The molecule has 6 heteroatoms. The number of nitrogens with zero attached hydrogens (tertiary/aromatic N) is 3. The lowest BCUT2D eigenvalue weighted by Gasteiger charge is -1.96. The molecule has 17 heavy (non-hydrogen) atoms. The molecule has 86 valence electrons. The van der Waals surface area contributed by atoms with Gasteiger partial charge in [-0.3, -0.25) is 9.78 Å². The zero-order chi connectivity index (χ0) is 12.1. The minimum absolute atomic E-state index is 0.339. The first-order chi connectivity index (χ1) is 8.27. The van der Waals surface area contributed by atoms with E-state index in [9.17, 15) is 4.79 Å². The highest BCUT2D eigenvalue weighted by molar-refractivity contribution is 5.94. The Morgan fingerprint density at radius 2 is 2.24 bits per heavy atom. The molecule has 0 spiro atoms. The van der Waals surface area contributed by atoms with Crippen LogP contribution in [0.1, 0.15) is 21.7 Å². The van der Waals surface area contributed by atoms with Crippen molar-refractivity contribution in [2.45, 2.75) is 6.92 Å². The zero-order valence-electron chi connectivity index (χ0n) is 9.21. The molecule has 0 fully saturated rings. The molecule has 2 heterocycles. The molecule has 2 aromatic rings. The fourth-order valence-electron chi connectivity index (χ4n) is 1.26. The Morgan fingerprint density at radius 3 is 2.88 bits per heavy atom. The Bertz CT molecular complexity index is 532. The van der Waals surface area contributed by atoms with Gasteiger partial charge in [-0.25, -0.2) is 10.4 Å². The summed E-state index contributed by atoms with van der Waals surface area (Å²) in [6.45, 7) is 1.77. The van der Waals surface area contributed by atoms with E-state index in [-0.39, 0.29) is 5.91 Å². The molecular weight excluding hydrogens is 218 g/mol. The van der Waals surface area contributed by atoms with E-state index >= 15 is 0 Å². The Balaban J connectivity index is 1.98. The summed E-state index contributed by atoms with van der Waals surface area (Å²) in [6, 6.07) is 3.57. The van der Waals surface area contributed by atoms with Crippen LogP contribution in [0.3, 0.4) is 0 Å². The van der Waals surface area contributed by atoms with Gasteiger partial charge >= 0.3 is 0 Å². The van der Waals surface area contributed by atoms with Crippen LogP contribution in [0.4, 0.5) is 0 Å². The lowest BCUT2D eigenvalue weighted by molar-refractivity contribution is 0.0950. The fourth-order valence-corrected chi connectivity index (χ4v) is 1.26. The molecule has 0 saturated heterocycles. The summed E-state index contributed by atoms with van der Waals surface area (Å²) in [6.07, 6.45) is 6.32. The van der Waals surface area contributed by atoms with Crippen LogP contribution >= 0.6 is 0 Å². The Hall–Kier alpha value is -2.50. The van der Waals surface area contributed by atoms with E-state index in [4.69, 9.17) is 0 Å². The van der Waals surface area contributed by atoms with Gasteiger partial charge in [0.2, 0.25) is 0 Å². The second-order valence-electron chi connectivity index (χ2n) is 3.36. The average molecular weight is 229 g/mol. The third kappa shape index (κ3) is 2.75. The molecular formula is C11H11N5O. The SMILES string of the molecule is Cc1[nH]cnc1C(=O)N/N=C\c1ccncc1. The van der Waals surface area contributed by atoms with Crippen molar-refractivity contribution in [2.75, 3.05) is 0 Å². The molecule has 0 radical (unpaired) electrons. The number of aromatic amines is 1. The Labute approximate surface area is 97.8 Å². The molecule has 0 atom stereocenters. The number of H-pyrrole nitrogens is 1. The monoisotopic (exact) mass is 229 g/mol. The molecule has 0 aliphatic carbocycles. The predicted octanol–water partition coefficient (Wildman–Crippen LogP) is 0.877. The third-order valence-corrected chi connectivity index (χ3v) is 2.13. The van der Waals surface area contributed by atoms with Crippen LogP contribution in [-0.4, -0.2) is 27.1 Å². The maximum atomic E-state index is 11.6. The first-order valence-corrected chi connectivity index (χ1v) is 5.01. The van der Waals surface area contributed by atoms with E-state index in [1.54, 1.807) is 37.7 Å². The summed E-state index contributed by atoms with van der Waals surface area (Å²) in [5.41, 5.74) is 4.32. The Morgan fingerprint density at radius 1 is 1.47 bits per heavy atom. The standard InChI is InChI=1S/C11H11N5O/c1-8-10(14-7-13-8)11(17)16-15-6-9-2-4-12-5-3-9/h2-7H,1H3,(H,13,14)(H,16,17)/b15-6-. The lowest BCUT2D eigenvalue weighted by Crippen LogP contribution is -2.19. The summed E-state index contributed by atoms with van der Waals surface area (Å²) < 4.78 is 0. The highest BCUT2D eigenvalue weighted by atomic mass is 16.2. The van der Waals surface area contributed by atoms with Crippen LogP contribution in [-0.2, 0) is 0 Å². The van der Waals surface area contributed by atoms with Crippen molar-refractivity contribution >= 4 is 12.1 Å². The van der Waals surface area contributed by atoms with Crippen LogP contribution in [0.5, 0.6) is 0 Å². The van der Waals surface area contributed by atoms with Gasteiger partial charge in [0.05, 0.1) is 12.5 Å². The number of aryl methyl sites for hydroxylation is 1. The number of carbonyl (C=O) groups is 1. The number of pyridine rings is 1. The van der Waals surface area contributed by atoms with Gasteiger partial charge < -0.3 is 4.98 Å². The predicted molar refractivity (Wildman–Crippen MR) is 62.6 cm³/mol. The van der Waals surface area contributed by atoms with Crippen LogP contribution in [0, 0.1) is 6.92 Å². The molecule has 1 amide bonds. The van der Waals surface area contributed by atoms with Crippen LogP contribution in [0.2, 0.25) is 0 Å². The van der Waals surface area contributed by atoms with Gasteiger partial charge in [-0.2, -0.15) is 5.10 Å². The number of hydrogen-bond donors (Lipinski definition) is 2. The molecule has 6 nitrogen and oxygen atoms in total. The minimum atomic E-state index is -0.339. The topological polar surface area (TPSA) is 83.0 Å². The number of carbonyl (C=O) groups excluding carboxylic acids is 1. The van der Waals surface area contributed by atoms with Gasteiger partial charge in [-0.1, -0.05) is 0 Å². The van der Waals surface area contributed by atoms with Gasteiger partial charge in [-0.15, -0.1) is 0 Å². The molecule has 2 N–H and O–H groups in total. The number of aromatic nitrogens is 3. The first-order valence-electron chi connectivity index (χ1n) is 5.01. The summed E-state index contributed by atoms with van der Waals surface area (Å²) in [5.74, 6) is -0.339. The van der Waals surface area contributed by atoms with Gasteiger partial charge in [0, 0.05) is 18.1 Å². The van der Waals surface area contributed by atoms with E-state index in [1.807, 2.05) is 0 Å². The first kappa shape index (κ1) is 11.0. The van der Waals surface area contributed by atoms with Crippen molar-refractivity contribution in [1.29, 1.82) is 0 Å². The third-order valence-electron chi connectivity index (χ3n) is 2.13. The summed E-state index contributed by atoms with van der Waals surface area (Å²) >= 11 is 0.